The van der Waals surface area contributed by atoms with E-state index in [1.165, 1.54) is 24.1 Å². The van der Waals surface area contributed by atoms with Gasteiger partial charge in [-0.1, -0.05) is 6.07 Å². The summed E-state index contributed by atoms with van der Waals surface area (Å²) in [7, 11) is -0.885. The standard InChI is InChI=1S/C21H26FN3OS/c22-18-5-7-19(8-6-18)25-13-11-24(12-14-25)10-2-1-3-17-4-9-20-21(15-17)27(26)16-23-20/h4-9,15,23H,1-3,10-14,16H2. The molecule has 0 spiro atoms. The van der Waals surface area contributed by atoms with Crippen LogP contribution >= 0.6 is 0 Å². The van der Waals surface area contributed by atoms with Gasteiger partial charge >= 0.3 is 0 Å². The van der Waals surface area contributed by atoms with Gasteiger partial charge in [0.15, 0.2) is 0 Å². The minimum atomic E-state index is -0.885. The van der Waals surface area contributed by atoms with Gasteiger partial charge < -0.3 is 10.2 Å². The van der Waals surface area contributed by atoms with E-state index in [2.05, 4.69) is 33.3 Å². The molecule has 1 saturated heterocycles. The van der Waals surface area contributed by atoms with Crippen molar-refractivity contribution in [2.24, 2.45) is 0 Å². The smallest absolute Gasteiger partial charge is 0.123 e. The molecule has 0 amide bonds. The molecule has 1 fully saturated rings. The van der Waals surface area contributed by atoms with Crippen LogP contribution in [0, 0.1) is 5.82 Å². The lowest BCUT2D eigenvalue weighted by Crippen LogP contribution is -2.46. The number of hydrogen-bond donors (Lipinski definition) is 1. The van der Waals surface area contributed by atoms with Crippen LogP contribution in [0.4, 0.5) is 15.8 Å². The van der Waals surface area contributed by atoms with Gasteiger partial charge in [-0.15, -0.1) is 0 Å². The van der Waals surface area contributed by atoms with Crippen LogP contribution in [0.5, 0.6) is 0 Å². The van der Waals surface area contributed by atoms with Crippen LogP contribution in [0.15, 0.2) is 47.4 Å². The van der Waals surface area contributed by atoms with Crippen molar-refractivity contribution in [1.82, 2.24) is 4.90 Å². The number of nitrogens with one attached hydrogen (secondary N) is 1. The van der Waals surface area contributed by atoms with E-state index < -0.39 is 10.8 Å². The molecule has 2 heterocycles. The minimum Gasteiger partial charge on any atom is -0.372 e. The van der Waals surface area contributed by atoms with Gasteiger partial charge in [0.1, 0.15) is 5.82 Å². The Morgan fingerprint density at radius 3 is 2.56 bits per heavy atom. The van der Waals surface area contributed by atoms with Crippen LogP contribution in [0.1, 0.15) is 18.4 Å². The zero-order valence-corrected chi connectivity index (χ0v) is 16.3. The lowest BCUT2D eigenvalue weighted by molar-refractivity contribution is 0.253. The molecular weight excluding hydrogens is 361 g/mol. The number of rotatable bonds is 6. The van der Waals surface area contributed by atoms with Crippen molar-refractivity contribution >= 4 is 22.2 Å². The van der Waals surface area contributed by atoms with Crippen molar-refractivity contribution in [1.29, 1.82) is 0 Å². The third-order valence-corrected chi connectivity index (χ3v) is 6.67. The molecular formula is C21H26FN3OS. The normalized spacial score (nSPS) is 19.7. The number of anilines is 2. The summed E-state index contributed by atoms with van der Waals surface area (Å²) < 4.78 is 25.0. The van der Waals surface area contributed by atoms with Crippen molar-refractivity contribution < 1.29 is 8.60 Å². The Hall–Kier alpha value is -1.92. The van der Waals surface area contributed by atoms with E-state index in [0.29, 0.717) is 5.88 Å². The Morgan fingerprint density at radius 1 is 1.00 bits per heavy atom. The Labute approximate surface area is 162 Å². The summed E-state index contributed by atoms with van der Waals surface area (Å²) in [6, 6.07) is 13.1. The fourth-order valence-electron chi connectivity index (χ4n) is 3.82. The molecule has 4 rings (SSSR count). The molecule has 6 heteroatoms. The third kappa shape index (κ3) is 4.50. The van der Waals surface area contributed by atoms with Gasteiger partial charge in [-0.2, -0.15) is 0 Å². The molecule has 0 aliphatic carbocycles. The lowest BCUT2D eigenvalue weighted by Gasteiger charge is -2.36. The molecule has 2 aliphatic rings. The zero-order valence-electron chi connectivity index (χ0n) is 15.5. The average Bonchev–Trinajstić information content (AvgIpc) is 3.07. The number of hydrogen-bond acceptors (Lipinski definition) is 4. The van der Waals surface area contributed by atoms with Gasteiger partial charge in [0.05, 0.1) is 27.3 Å². The summed E-state index contributed by atoms with van der Waals surface area (Å²) in [6.07, 6.45) is 3.37. The largest absolute Gasteiger partial charge is 0.372 e. The highest BCUT2D eigenvalue weighted by molar-refractivity contribution is 7.85. The van der Waals surface area contributed by atoms with E-state index in [1.54, 1.807) is 0 Å². The van der Waals surface area contributed by atoms with Crippen LogP contribution in [-0.4, -0.2) is 47.7 Å². The molecule has 1 unspecified atom stereocenters. The first-order valence-electron chi connectivity index (χ1n) is 9.67. The Balaban J connectivity index is 1.18. The summed E-state index contributed by atoms with van der Waals surface area (Å²) in [6.45, 7) is 5.22. The van der Waals surface area contributed by atoms with Crippen LogP contribution in [0.2, 0.25) is 0 Å². The lowest BCUT2D eigenvalue weighted by atomic mass is 10.1. The van der Waals surface area contributed by atoms with Gasteiger partial charge in [0.25, 0.3) is 0 Å². The fraction of sp³-hybridized carbons (Fsp3) is 0.429. The number of halogens is 1. The van der Waals surface area contributed by atoms with Crippen molar-refractivity contribution in [3.8, 4) is 0 Å². The van der Waals surface area contributed by atoms with E-state index in [4.69, 9.17) is 0 Å². The van der Waals surface area contributed by atoms with Crippen molar-refractivity contribution in [3.05, 3.63) is 53.8 Å². The highest BCUT2D eigenvalue weighted by Gasteiger charge is 2.18. The molecule has 2 aliphatic heterocycles. The summed E-state index contributed by atoms with van der Waals surface area (Å²) in [5.74, 6) is 0.367. The first-order chi connectivity index (χ1) is 13.2. The van der Waals surface area contributed by atoms with Crippen LogP contribution < -0.4 is 10.2 Å². The SMILES string of the molecule is O=S1CNc2ccc(CCCCN3CCN(c4ccc(F)cc4)CC3)cc21. The van der Waals surface area contributed by atoms with Crippen LogP contribution in [-0.2, 0) is 17.2 Å². The van der Waals surface area contributed by atoms with E-state index in [1.807, 2.05) is 12.1 Å². The number of aryl methyl sites for hydroxylation is 1. The monoisotopic (exact) mass is 387 g/mol. The second-order valence-electron chi connectivity index (χ2n) is 7.26. The number of nitrogens with zero attached hydrogens (tertiary/aromatic N) is 2. The molecule has 0 bridgehead atoms. The minimum absolute atomic E-state index is 0.178. The van der Waals surface area contributed by atoms with Crippen LogP contribution in [0.3, 0.4) is 0 Å². The number of fused-ring (bicyclic) bond motifs is 1. The van der Waals surface area contributed by atoms with E-state index in [9.17, 15) is 8.60 Å². The van der Waals surface area contributed by atoms with Crippen molar-refractivity contribution in [2.45, 2.75) is 24.2 Å². The number of unbranched alkanes of at least 4 members (excludes halogenated alkanes) is 1. The summed E-state index contributed by atoms with van der Waals surface area (Å²) >= 11 is 0. The molecule has 0 radical (unpaired) electrons. The average molecular weight is 388 g/mol. The molecule has 1 atom stereocenters. The predicted octanol–water partition coefficient (Wildman–Crippen LogP) is 3.46. The van der Waals surface area contributed by atoms with Gasteiger partial charge in [0.2, 0.25) is 0 Å². The van der Waals surface area contributed by atoms with Crippen molar-refractivity contribution in [3.63, 3.8) is 0 Å². The number of piperazine rings is 1. The van der Waals surface area contributed by atoms with E-state index >= 15 is 0 Å². The van der Waals surface area contributed by atoms with Crippen molar-refractivity contribution in [2.75, 3.05) is 48.8 Å². The van der Waals surface area contributed by atoms with E-state index in [-0.39, 0.29) is 5.82 Å². The summed E-state index contributed by atoms with van der Waals surface area (Å²) in [5.41, 5.74) is 3.42. The van der Waals surface area contributed by atoms with Gasteiger partial charge in [-0.3, -0.25) is 9.11 Å². The Kier molecular flexibility index (Phi) is 5.74. The molecule has 0 saturated carbocycles. The first kappa shape index (κ1) is 18.4. The van der Waals surface area contributed by atoms with Gasteiger partial charge in [0, 0.05) is 31.9 Å². The fourth-order valence-corrected chi connectivity index (χ4v) is 4.93. The predicted molar refractivity (Wildman–Crippen MR) is 109 cm³/mol. The van der Waals surface area contributed by atoms with Crippen LogP contribution in [0.25, 0.3) is 0 Å². The maximum Gasteiger partial charge on any atom is 0.123 e. The molecule has 2 aromatic rings. The molecule has 1 N–H and O–H groups in total. The highest BCUT2D eigenvalue weighted by Crippen LogP contribution is 2.27. The second kappa shape index (κ2) is 8.40. The molecule has 2 aromatic carbocycles. The third-order valence-electron chi connectivity index (χ3n) is 5.44. The first-order valence-corrected chi connectivity index (χ1v) is 11.0. The second-order valence-corrected chi connectivity index (χ2v) is 8.68. The summed E-state index contributed by atoms with van der Waals surface area (Å²) in [4.78, 5) is 5.81. The zero-order chi connectivity index (χ0) is 18.6. The molecule has 0 aromatic heterocycles. The topological polar surface area (TPSA) is 35.6 Å². The molecule has 27 heavy (non-hydrogen) atoms. The van der Waals surface area contributed by atoms with Gasteiger partial charge in [-0.05, 0) is 67.8 Å². The molecule has 4 nitrogen and oxygen atoms in total. The Bertz CT molecular complexity index is 804. The highest BCUT2D eigenvalue weighted by atomic mass is 32.2. The maximum absolute atomic E-state index is 13.1. The van der Waals surface area contributed by atoms with E-state index in [0.717, 1.165) is 61.8 Å². The quantitative estimate of drug-likeness (QED) is 0.770. The number of benzene rings is 2. The molecule has 144 valence electrons. The van der Waals surface area contributed by atoms with Gasteiger partial charge in [-0.25, -0.2) is 4.39 Å². The maximum atomic E-state index is 13.1. The Morgan fingerprint density at radius 2 is 1.78 bits per heavy atom. The summed E-state index contributed by atoms with van der Waals surface area (Å²) in [5, 5.41) is 3.18.